The number of hydrogen-bond acceptors (Lipinski definition) is 4. The summed E-state index contributed by atoms with van der Waals surface area (Å²) in [4.78, 5) is 26.7. The van der Waals surface area contributed by atoms with Gasteiger partial charge in [-0.05, 0) is 57.7 Å². The molecule has 1 aromatic heterocycles. The Morgan fingerprint density at radius 2 is 1.86 bits per heavy atom. The van der Waals surface area contributed by atoms with Gasteiger partial charge in [0, 0.05) is 17.6 Å². The molecule has 1 unspecified atom stereocenters. The number of carbonyl (C=O) groups is 2. The number of likely N-dealkylation sites (tertiary alicyclic amines) is 1. The van der Waals surface area contributed by atoms with Gasteiger partial charge in [0.15, 0.2) is 6.10 Å². The molecule has 0 N–H and O–H groups in total. The highest BCUT2D eigenvalue weighted by atomic mass is 79.9. The van der Waals surface area contributed by atoms with E-state index in [9.17, 15) is 9.59 Å². The molecule has 0 aromatic carbocycles. The van der Waals surface area contributed by atoms with Crippen molar-refractivity contribution < 1.29 is 14.3 Å². The van der Waals surface area contributed by atoms with Gasteiger partial charge in [0.05, 0.1) is 3.79 Å². The van der Waals surface area contributed by atoms with Crippen LogP contribution in [0.15, 0.2) is 14.3 Å². The van der Waals surface area contributed by atoms with Crippen LogP contribution < -0.4 is 0 Å². The Hall–Kier alpha value is -0.400. The summed E-state index contributed by atoms with van der Waals surface area (Å²) >= 11 is 7.96. The van der Waals surface area contributed by atoms with Crippen molar-refractivity contribution in [2.45, 2.75) is 38.7 Å². The van der Waals surface area contributed by atoms with Crippen LogP contribution in [-0.2, 0) is 9.53 Å². The lowest BCUT2D eigenvalue weighted by Gasteiger charge is -2.23. The van der Waals surface area contributed by atoms with E-state index in [2.05, 4.69) is 31.9 Å². The van der Waals surface area contributed by atoms with Crippen LogP contribution >= 0.6 is 43.2 Å². The Balaban J connectivity index is 1.94. The van der Waals surface area contributed by atoms with Gasteiger partial charge >= 0.3 is 5.97 Å². The third kappa shape index (κ3) is 4.53. The first-order valence-electron chi connectivity index (χ1n) is 6.93. The van der Waals surface area contributed by atoms with Crippen molar-refractivity contribution in [3.63, 3.8) is 0 Å². The lowest BCUT2D eigenvalue weighted by Crippen LogP contribution is -2.40. The molecule has 116 valence electrons. The Morgan fingerprint density at radius 1 is 1.24 bits per heavy atom. The van der Waals surface area contributed by atoms with Gasteiger partial charge in [-0.15, -0.1) is 11.3 Å². The van der Waals surface area contributed by atoms with Crippen LogP contribution in [0.3, 0.4) is 0 Å². The number of hydrogen-bond donors (Lipinski definition) is 0. The van der Waals surface area contributed by atoms with Crippen LogP contribution in [0.5, 0.6) is 0 Å². The van der Waals surface area contributed by atoms with Crippen molar-refractivity contribution in [3.8, 4) is 0 Å². The van der Waals surface area contributed by atoms with Crippen molar-refractivity contribution in [2.75, 3.05) is 13.1 Å². The van der Waals surface area contributed by atoms with Gasteiger partial charge in [-0.3, -0.25) is 4.79 Å². The minimum Gasteiger partial charge on any atom is -0.448 e. The van der Waals surface area contributed by atoms with E-state index in [-0.39, 0.29) is 5.91 Å². The average molecular weight is 439 g/mol. The second kappa shape index (κ2) is 7.74. The van der Waals surface area contributed by atoms with Gasteiger partial charge in [0.2, 0.25) is 0 Å². The first-order valence-corrected chi connectivity index (χ1v) is 9.34. The van der Waals surface area contributed by atoms with E-state index in [1.54, 1.807) is 13.0 Å². The maximum absolute atomic E-state index is 12.3. The molecule has 0 radical (unpaired) electrons. The highest BCUT2D eigenvalue weighted by molar-refractivity contribution is 9.13. The van der Waals surface area contributed by atoms with Gasteiger partial charge in [0.25, 0.3) is 5.91 Å². The summed E-state index contributed by atoms with van der Waals surface area (Å²) in [5.41, 5.74) is 0. The Bertz CT molecular complexity index is 505. The molecule has 1 aromatic rings. The number of amides is 1. The lowest BCUT2D eigenvalue weighted by atomic mass is 10.2. The largest absolute Gasteiger partial charge is 0.448 e. The zero-order valence-corrected chi connectivity index (χ0v) is 15.7. The Kier molecular flexibility index (Phi) is 6.25. The number of esters is 1. The molecule has 0 aliphatic carbocycles. The summed E-state index contributed by atoms with van der Waals surface area (Å²) in [6.45, 7) is 3.16. The van der Waals surface area contributed by atoms with Crippen LogP contribution in [0, 0.1) is 0 Å². The molecule has 1 aliphatic heterocycles. The third-order valence-electron chi connectivity index (χ3n) is 3.40. The fraction of sp³-hybridized carbons (Fsp3) is 0.571. The average Bonchev–Trinajstić information content (AvgIpc) is 2.69. The number of rotatable bonds is 3. The number of ether oxygens (including phenoxy) is 1. The molecular formula is C14H17Br2NO3S. The molecule has 1 aliphatic rings. The fourth-order valence-corrected chi connectivity index (χ4v) is 4.18. The summed E-state index contributed by atoms with van der Waals surface area (Å²) in [6, 6.07) is 1.69. The second-order valence-corrected chi connectivity index (χ2v) is 8.24. The van der Waals surface area contributed by atoms with Gasteiger partial charge in [0.1, 0.15) is 4.88 Å². The van der Waals surface area contributed by atoms with E-state index in [4.69, 9.17) is 4.74 Å². The van der Waals surface area contributed by atoms with E-state index in [0.29, 0.717) is 4.88 Å². The zero-order chi connectivity index (χ0) is 15.4. The number of halogens is 2. The van der Waals surface area contributed by atoms with Crippen LogP contribution in [0.25, 0.3) is 0 Å². The molecule has 21 heavy (non-hydrogen) atoms. The summed E-state index contributed by atoms with van der Waals surface area (Å²) in [7, 11) is 0. The predicted octanol–water partition coefficient (Wildman–Crippen LogP) is 4.22. The standard InChI is InChI=1S/C14H17Br2NO3S/c1-9(13(18)17-6-4-2-3-5-7-17)20-14(19)11-8-10(15)12(16)21-11/h8-9H,2-7H2,1H3. The Morgan fingerprint density at radius 3 is 2.38 bits per heavy atom. The maximum Gasteiger partial charge on any atom is 0.349 e. The summed E-state index contributed by atoms with van der Waals surface area (Å²) in [5, 5.41) is 0. The molecule has 2 heterocycles. The zero-order valence-electron chi connectivity index (χ0n) is 11.7. The summed E-state index contributed by atoms with van der Waals surface area (Å²) in [5.74, 6) is -0.554. The summed E-state index contributed by atoms with van der Waals surface area (Å²) < 4.78 is 6.94. The van der Waals surface area contributed by atoms with Gasteiger partial charge < -0.3 is 9.64 Å². The van der Waals surface area contributed by atoms with Crippen molar-refractivity contribution in [1.82, 2.24) is 4.90 Å². The van der Waals surface area contributed by atoms with Gasteiger partial charge in [-0.2, -0.15) is 0 Å². The molecule has 7 heteroatoms. The number of carbonyl (C=O) groups excluding carboxylic acids is 2. The minimum absolute atomic E-state index is 0.0973. The smallest absolute Gasteiger partial charge is 0.349 e. The predicted molar refractivity (Wildman–Crippen MR) is 89.6 cm³/mol. The second-order valence-electron chi connectivity index (χ2n) is 5.02. The van der Waals surface area contributed by atoms with E-state index < -0.39 is 12.1 Å². The van der Waals surface area contributed by atoms with Crippen LogP contribution in [0.4, 0.5) is 0 Å². The summed E-state index contributed by atoms with van der Waals surface area (Å²) in [6.07, 6.45) is 3.63. The monoisotopic (exact) mass is 437 g/mol. The quantitative estimate of drug-likeness (QED) is 0.663. The van der Waals surface area contributed by atoms with Crippen molar-refractivity contribution >= 4 is 55.1 Å². The van der Waals surface area contributed by atoms with Gasteiger partial charge in [-0.25, -0.2) is 4.79 Å². The van der Waals surface area contributed by atoms with Gasteiger partial charge in [-0.1, -0.05) is 12.8 Å². The molecule has 2 rings (SSSR count). The molecule has 4 nitrogen and oxygen atoms in total. The normalized spacial score (nSPS) is 17.2. The van der Waals surface area contributed by atoms with E-state index in [1.165, 1.54) is 11.3 Å². The maximum atomic E-state index is 12.3. The topological polar surface area (TPSA) is 46.6 Å². The highest BCUT2D eigenvalue weighted by Crippen LogP contribution is 2.32. The van der Waals surface area contributed by atoms with Crippen LogP contribution in [-0.4, -0.2) is 36.0 Å². The fourth-order valence-electron chi connectivity index (χ4n) is 2.26. The minimum atomic E-state index is -0.741. The number of nitrogens with zero attached hydrogens (tertiary/aromatic N) is 1. The molecule has 1 fully saturated rings. The molecule has 1 atom stereocenters. The molecule has 0 spiro atoms. The molecule has 1 amide bonds. The van der Waals surface area contributed by atoms with E-state index in [1.807, 2.05) is 4.90 Å². The van der Waals surface area contributed by atoms with Crippen LogP contribution in [0.2, 0.25) is 0 Å². The SMILES string of the molecule is CC(OC(=O)c1cc(Br)c(Br)s1)C(=O)N1CCCCCC1. The molecule has 0 bridgehead atoms. The van der Waals surface area contributed by atoms with Crippen LogP contribution in [0.1, 0.15) is 42.3 Å². The van der Waals surface area contributed by atoms with Crippen molar-refractivity contribution in [1.29, 1.82) is 0 Å². The third-order valence-corrected chi connectivity index (χ3v) is 6.63. The van der Waals surface area contributed by atoms with E-state index in [0.717, 1.165) is 47.0 Å². The highest BCUT2D eigenvalue weighted by Gasteiger charge is 2.25. The molecular weight excluding hydrogens is 422 g/mol. The molecule has 1 saturated heterocycles. The van der Waals surface area contributed by atoms with Crippen molar-refractivity contribution in [3.05, 3.63) is 19.2 Å². The first kappa shape index (κ1) is 17.0. The Labute approximate surface area is 145 Å². The lowest BCUT2D eigenvalue weighted by molar-refractivity contribution is -0.139. The molecule has 0 saturated carbocycles. The van der Waals surface area contributed by atoms with Crippen molar-refractivity contribution in [2.24, 2.45) is 0 Å². The van der Waals surface area contributed by atoms with E-state index >= 15 is 0 Å². The number of thiophene rings is 1. The first-order chi connectivity index (χ1) is 9.99.